The van der Waals surface area contributed by atoms with Gasteiger partial charge < -0.3 is 15.6 Å². The number of hydrogen-bond acceptors (Lipinski definition) is 5. The number of phenols is 1. The number of rotatable bonds is 4. The van der Waals surface area contributed by atoms with Crippen LogP contribution in [0.15, 0.2) is 23.1 Å². The minimum atomic E-state index is -3.61. The van der Waals surface area contributed by atoms with Crippen LogP contribution < -0.4 is 10.5 Å². The molecule has 0 aliphatic carbocycles. The molecular formula is C12H18N2O4S. The second-order valence-corrected chi connectivity index (χ2v) is 6.46. The highest BCUT2D eigenvalue weighted by molar-refractivity contribution is 7.89. The lowest BCUT2D eigenvalue weighted by Gasteiger charge is -2.15. The van der Waals surface area contributed by atoms with E-state index in [0.717, 1.165) is 6.42 Å². The number of sulfonamides is 1. The zero-order chi connectivity index (χ0) is 14.0. The van der Waals surface area contributed by atoms with Crippen molar-refractivity contribution in [3.63, 3.8) is 0 Å². The van der Waals surface area contributed by atoms with E-state index in [2.05, 4.69) is 4.72 Å². The quantitative estimate of drug-likeness (QED) is 0.558. The first-order valence-electron chi connectivity index (χ1n) is 6.10. The van der Waals surface area contributed by atoms with Crippen molar-refractivity contribution in [1.82, 2.24) is 4.72 Å². The third-order valence-electron chi connectivity index (χ3n) is 3.38. The van der Waals surface area contributed by atoms with Crippen LogP contribution in [0, 0.1) is 5.92 Å². The number of aromatic hydroxyl groups is 1. The summed E-state index contributed by atoms with van der Waals surface area (Å²) in [5, 5.41) is 9.29. The topological polar surface area (TPSA) is 102 Å². The van der Waals surface area contributed by atoms with Gasteiger partial charge in [0.2, 0.25) is 10.0 Å². The molecule has 0 bridgehead atoms. The van der Waals surface area contributed by atoms with E-state index >= 15 is 0 Å². The van der Waals surface area contributed by atoms with Crippen molar-refractivity contribution in [2.24, 2.45) is 5.92 Å². The molecule has 0 radical (unpaired) electrons. The third-order valence-corrected chi connectivity index (χ3v) is 4.80. The number of nitrogen functional groups attached to an aromatic ring is 1. The van der Waals surface area contributed by atoms with Crippen LogP contribution in [0.2, 0.25) is 0 Å². The second kappa shape index (κ2) is 5.36. The van der Waals surface area contributed by atoms with Crippen molar-refractivity contribution < 1.29 is 18.3 Å². The van der Waals surface area contributed by atoms with E-state index in [-0.39, 0.29) is 28.4 Å². The van der Waals surface area contributed by atoms with Crippen molar-refractivity contribution in [1.29, 1.82) is 0 Å². The van der Waals surface area contributed by atoms with Crippen molar-refractivity contribution in [3.05, 3.63) is 18.2 Å². The summed E-state index contributed by atoms with van der Waals surface area (Å²) >= 11 is 0. The molecular weight excluding hydrogens is 268 g/mol. The van der Waals surface area contributed by atoms with Crippen molar-refractivity contribution in [2.45, 2.75) is 24.3 Å². The summed E-state index contributed by atoms with van der Waals surface area (Å²) in [6, 6.07) is 3.83. The van der Waals surface area contributed by atoms with Crippen LogP contribution in [0.3, 0.4) is 0 Å². The highest BCUT2D eigenvalue weighted by atomic mass is 32.2. The smallest absolute Gasteiger partial charge is 0.240 e. The minimum Gasteiger partial charge on any atom is -0.506 e. The summed E-state index contributed by atoms with van der Waals surface area (Å²) < 4.78 is 32.1. The molecule has 1 aromatic rings. The fourth-order valence-electron chi connectivity index (χ4n) is 2.04. The third kappa shape index (κ3) is 3.17. The number of hydrogen-bond donors (Lipinski definition) is 3. The van der Waals surface area contributed by atoms with E-state index in [1.807, 2.05) is 6.92 Å². The van der Waals surface area contributed by atoms with Gasteiger partial charge in [0.05, 0.1) is 16.7 Å². The fourth-order valence-corrected chi connectivity index (χ4v) is 3.17. The van der Waals surface area contributed by atoms with Gasteiger partial charge in [0.15, 0.2) is 0 Å². The van der Waals surface area contributed by atoms with E-state index in [4.69, 9.17) is 10.5 Å². The lowest BCUT2D eigenvalue weighted by molar-refractivity contribution is 0.107. The summed E-state index contributed by atoms with van der Waals surface area (Å²) in [7, 11) is -3.61. The number of nitrogens with one attached hydrogen (secondary N) is 1. The molecule has 1 aromatic carbocycles. The average molecular weight is 286 g/mol. The fraction of sp³-hybridized carbons (Fsp3) is 0.500. The Balaban J connectivity index is 2.07. The van der Waals surface area contributed by atoms with Gasteiger partial charge >= 0.3 is 0 Å². The number of ether oxygens (including phenoxy) is 1. The van der Waals surface area contributed by atoms with Gasteiger partial charge in [-0.05, 0) is 31.5 Å². The highest BCUT2D eigenvalue weighted by Crippen LogP contribution is 2.24. The first-order chi connectivity index (χ1) is 8.90. The zero-order valence-corrected chi connectivity index (χ0v) is 11.5. The van der Waals surface area contributed by atoms with Gasteiger partial charge in [-0.15, -0.1) is 0 Å². The molecule has 1 fully saturated rings. The Kier molecular flexibility index (Phi) is 3.98. The molecule has 1 aliphatic heterocycles. The molecule has 1 aliphatic rings. The Morgan fingerprint density at radius 1 is 1.53 bits per heavy atom. The molecule has 1 saturated heterocycles. The summed E-state index contributed by atoms with van der Waals surface area (Å²) in [4.78, 5) is 0.0503. The van der Waals surface area contributed by atoms with Gasteiger partial charge in [0, 0.05) is 19.1 Å². The molecule has 2 atom stereocenters. The zero-order valence-electron chi connectivity index (χ0n) is 10.7. The highest BCUT2D eigenvalue weighted by Gasteiger charge is 2.26. The maximum Gasteiger partial charge on any atom is 0.240 e. The molecule has 106 valence electrons. The maximum atomic E-state index is 12.1. The largest absolute Gasteiger partial charge is 0.506 e. The van der Waals surface area contributed by atoms with E-state index < -0.39 is 10.0 Å². The van der Waals surface area contributed by atoms with Gasteiger partial charge in [-0.25, -0.2) is 13.1 Å². The van der Waals surface area contributed by atoms with Gasteiger partial charge in [0.1, 0.15) is 5.75 Å². The van der Waals surface area contributed by atoms with Crippen molar-refractivity contribution in [2.75, 3.05) is 18.9 Å². The second-order valence-electron chi connectivity index (χ2n) is 4.70. The maximum absolute atomic E-state index is 12.1. The Bertz CT molecular complexity index is 559. The molecule has 4 N–H and O–H groups in total. The average Bonchev–Trinajstić information content (AvgIpc) is 2.76. The summed E-state index contributed by atoms with van der Waals surface area (Å²) in [6.45, 7) is 2.94. The standard InChI is InChI=1S/C12H18N2O4S/c1-8-9(4-5-18-8)7-14-19(16,17)10-2-3-12(15)11(13)6-10/h2-3,6,8-9,14-15H,4-5,7,13H2,1H3. The molecule has 0 aromatic heterocycles. The molecule has 0 spiro atoms. The van der Waals surface area contributed by atoms with E-state index in [1.165, 1.54) is 18.2 Å². The van der Waals surface area contributed by atoms with Crippen LogP contribution in [0.1, 0.15) is 13.3 Å². The molecule has 7 heteroatoms. The van der Waals surface area contributed by atoms with Gasteiger partial charge in [-0.1, -0.05) is 0 Å². The Labute approximate surface area is 112 Å². The number of phenolic OH excluding ortho intramolecular Hbond substituents is 1. The number of benzene rings is 1. The molecule has 2 rings (SSSR count). The Morgan fingerprint density at radius 2 is 2.26 bits per heavy atom. The SMILES string of the molecule is CC1OCCC1CNS(=O)(=O)c1ccc(O)c(N)c1. The van der Waals surface area contributed by atoms with E-state index in [9.17, 15) is 13.5 Å². The van der Waals surface area contributed by atoms with Crippen molar-refractivity contribution in [3.8, 4) is 5.75 Å². The molecule has 2 unspecified atom stereocenters. The number of anilines is 1. The summed E-state index contributed by atoms with van der Waals surface area (Å²) in [5.74, 6) is 0.0565. The minimum absolute atomic E-state index is 0.0421. The van der Waals surface area contributed by atoms with Crippen LogP contribution in [-0.4, -0.2) is 32.8 Å². The molecule has 1 heterocycles. The molecule has 6 nitrogen and oxygen atoms in total. The van der Waals surface area contributed by atoms with Gasteiger partial charge in [0.25, 0.3) is 0 Å². The van der Waals surface area contributed by atoms with Gasteiger partial charge in [-0.3, -0.25) is 0 Å². The van der Waals surface area contributed by atoms with E-state index in [1.54, 1.807) is 0 Å². The first kappa shape index (κ1) is 14.1. The molecule has 0 saturated carbocycles. The van der Waals surface area contributed by atoms with Crippen LogP contribution in [0.5, 0.6) is 5.75 Å². The molecule has 19 heavy (non-hydrogen) atoms. The lowest BCUT2D eigenvalue weighted by Crippen LogP contribution is -2.32. The predicted molar refractivity (Wildman–Crippen MR) is 71.2 cm³/mol. The number of nitrogens with two attached hydrogens (primary N) is 1. The molecule has 0 amide bonds. The van der Waals surface area contributed by atoms with Crippen LogP contribution in [-0.2, 0) is 14.8 Å². The van der Waals surface area contributed by atoms with Crippen LogP contribution >= 0.6 is 0 Å². The van der Waals surface area contributed by atoms with Gasteiger partial charge in [-0.2, -0.15) is 0 Å². The predicted octanol–water partition coefficient (Wildman–Crippen LogP) is 0.678. The Hall–Kier alpha value is -1.31. The van der Waals surface area contributed by atoms with Crippen LogP contribution in [0.4, 0.5) is 5.69 Å². The monoisotopic (exact) mass is 286 g/mol. The first-order valence-corrected chi connectivity index (χ1v) is 7.58. The lowest BCUT2D eigenvalue weighted by atomic mass is 10.0. The summed E-state index contributed by atoms with van der Waals surface area (Å²) in [5.41, 5.74) is 5.54. The van der Waals surface area contributed by atoms with Crippen molar-refractivity contribution >= 4 is 15.7 Å². The summed E-state index contributed by atoms with van der Waals surface area (Å²) in [6.07, 6.45) is 0.911. The normalized spacial score (nSPS) is 23.6. The Morgan fingerprint density at radius 3 is 2.84 bits per heavy atom. The van der Waals surface area contributed by atoms with E-state index in [0.29, 0.717) is 13.2 Å². The van der Waals surface area contributed by atoms with Crippen LogP contribution in [0.25, 0.3) is 0 Å².